The standard InChI is InChI=1S/C6H9ClO3/c1-4-10-5(8)6(2,7)9-3/h4H,1H2,2-3H3. The minimum absolute atomic E-state index is 0.674. The summed E-state index contributed by atoms with van der Waals surface area (Å²) in [5, 5.41) is -1.41. The first-order chi connectivity index (χ1) is 4.54. The van der Waals surface area contributed by atoms with Crippen LogP contribution in [-0.2, 0) is 14.3 Å². The fourth-order valence-electron chi connectivity index (χ4n) is 0.264. The van der Waals surface area contributed by atoms with Crippen LogP contribution in [-0.4, -0.2) is 18.1 Å². The van der Waals surface area contributed by atoms with E-state index in [-0.39, 0.29) is 0 Å². The van der Waals surface area contributed by atoms with Gasteiger partial charge in [-0.3, -0.25) is 0 Å². The van der Waals surface area contributed by atoms with E-state index in [1.165, 1.54) is 14.0 Å². The van der Waals surface area contributed by atoms with Gasteiger partial charge in [-0.05, 0) is 6.92 Å². The molecule has 0 saturated heterocycles. The van der Waals surface area contributed by atoms with Crippen LogP contribution in [0, 0.1) is 0 Å². The highest BCUT2D eigenvalue weighted by Gasteiger charge is 2.31. The zero-order valence-electron chi connectivity index (χ0n) is 5.89. The molecular weight excluding hydrogens is 156 g/mol. The molecule has 4 heteroatoms. The summed E-state index contributed by atoms with van der Waals surface area (Å²) in [7, 11) is 1.32. The smallest absolute Gasteiger partial charge is 0.358 e. The van der Waals surface area contributed by atoms with E-state index in [0.29, 0.717) is 0 Å². The van der Waals surface area contributed by atoms with Crippen molar-refractivity contribution in [2.75, 3.05) is 7.11 Å². The summed E-state index contributed by atoms with van der Waals surface area (Å²) in [6.45, 7) is 4.58. The van der Waals surface area contributed by atoms with Gasteiger partial charge in [-0.1, -0.05) is 18.2 Å². The zero-order valence-corrected chi connectivity index (χ0v) is 6.64. The van der Waals surface area contributed by atoms with Crippen molar-refractivity contribution in [2.45, 2.75) is 12.0 Å². The van der Waals surface area contributed by atoms with Crippen LogP contribution in [0.3, 0.4) is 0 Å². The molecule has 0 spiro atoms. The normalized spacial score (nSPS) is 15.5. The lowest BCUT2D eigenvalue weighted by Gasteiger charge is -2.15. The fraction of sp³-hybridized carbons (Fsp3) is 0.500. The molecule has 0 aliphatic carbocycles. The largest absolute Gasteiger partial charge is 0.432 e. The van der Waals surface area contributed by atoms with Crippen LogP contribution < -0.4 is 0 Å². The second kappa shape index (κ2) is 3.58. The van der Waals surface area contributed by atoms with Crippen LogP contribution in [0.15, 0.2) is 12.8 Å². The van der Waals surface area contributed by atoms with Crippen molar-refractivity contribution in [1.82, 2.24) is 0 Å². The molecule has 0 saturated carbocycles. The molecule has 0 aromatic carbocycles. The Morgan fingerprint density at radius 1 is 1.80 bits per heavy atom. The molecule has 58 valence electrons. The zero-order chi connectivity index (χ0) is 8.20. The highest BCUT2D eigenvalue weighted by Crippen LogP contribution is 2.16. The van der Waals surface area contributed by atoms with Crippen molar-refractivity contribution in [1.29, 1.82) is 0 Å². The van der Waals surface area contributed by atoms with E-state index in [9.17, 15) is 4.79 Å². The van der Waals surface area contributed by atoms with Gasteiger partial charge in [-0.15, -0.1) is 0 Å². The number of methoxy groups -OCH3 is 1. The van der Waals surface area contributed by atoms with Gasteiger partial charge in [-0.2, -0.15) is 0 Å². The Balaban J connectivity index is 4.03. The van der Waals surface area contributed by atoms with E-state index in [1.54, 1.807) is 0 Å². The van der Waals surface area contributed by atoms with Crippen molar-refractivity contribution in [3.8, 4) is 0 Å². The second-order valence-corrected chi connectivity index (χ2v) is 2.41. The Bertz CT molecular complexity index is 142. The third-order valence-corrected chi connectivity index (χ3v) is 1.25. The molecular formula is C6H9ClO3. The summed E-state index contributed by atoms with van der Waals surface area (Å²) in [5.74, 6) is -0.674. The average molecular weight is 165 g/mol. The van der Waals surface area contributed by atoms with Gasteiger partial charge in [0.25, 0.3) is 0 Å². The van der Waals surface area contributed by atoms with E-state index in [4.69, 9.17) is 11.6 Å². The predicted molar refractivity (Wildman–Crippen MR) is 37.6 cm³/mol. The van der Waals surface area contributed by atoms with E-state index >= 15 is 0 Å². The maximum Gasteiger partial charge on any atom is 0.358 e. The van der Waals surface area contributed by atoms with Crippen molar-refractivity contribution < 1.29 is 14.3 Å². The van der Waals surface area contributed by atoms with Crippen molar-refractivity contribution in [3.63, 3.8) is 0 Å². The van der Waals surface area contributed by atoms with Crippen LogP contribution in [0.1, 0.15) is 6.92 Å². The third-order valence-electron chi connectivity index (χ3n) is 0.938. The highest BCUT2D eigenvalue weighted by molar-refractivity contribution is 6.32. The quantitative estimate of drug-likeness (QED) is 0.358. The molecule has 10 heavy (non-hydrogen) atoms. The van der Waals surface area contributed by atoms with Gasteiger partial charge in [0.15, 0.2) is 0 Å². The molecule has 0 amide bonds. The molecule has 1 atom stereocenters. The van der Waals surface area contributed by atoms with Crippen molar-refractivity contribution >= 4 is 17.6 Å². The molecule has 0 N–H and O–H groups in total. The lowest BCUT2D eigenvalue weighted by molar-refractivity contribution is -0.152. The summed E-state index contributed by atoms with van der Waals surface area (Å²) in [6, 6.07) is 0. The van der Waals surface area contributed by atoms with Crippen molar-refractivity contribution in [3.05, 3.63) is 12.8 Å². The van der Waals surface area contributed by atoms with Gasteiger partial charge >= 0.3 is 5.97 Å². The maximum atomic E-state index is 10.7. The Morgan fingerprint density at radius 2 is 2.30 bits per heavy atom. The first-order valence-corrected chi connectivity index (χ1v) is 2.98. The summed E-state index contributed by atoms with van der Waals surface area (Å²) >= 11 is 5.51. The number of hydrogen-bond donors (Lipinski definition) is 0. The number of ether oxygens (including phenoxy) is 2. The Hall–Kier alpha value is -0.540. The molecule has 0 aromatic heterocycles. The first-order valence-electron chi connectivity index (χ1n) is 2.60. The number of rotatable bonds is 3. The Morgan fingerprint density at radius 3 is 2.60 bits per heavy atom. The minimum Gasteiger partial charge on any atom is -0.432 e. The lowest BCUT2D eigenvalue weighted by Crippen LogP contribution is -2.31. The van der Waals surface area contributed by atoms with Crippen LogP contribution in [0.2, 0.25) is 0 Å². The molecule has 0 aliphatic rings. The summed E-state index contributed by atoms with van der Waals surface area (Å²) in [5.41, 5.74) is 0. The Labute approximate surface area is 64.6 Å². The topological polar surface area (TPSA) is 35.5 Å². The van der Waals surface area contributed by atoms with Gasteiger partial charge in [0.1, 0.15) is 0 Å². The molecule has 0 bridgehead atoms. The van der Waals surface area contributed by atoms with Crippen LogP contribution >= 0.6 is 11.6 Å². The predicted octanol–water partition coefficient (Wildman–Crippen LogP) is 1.27. The molecule has 1 unspecified atom stereocenters. The fourth-order valence-corrected chi connectivity index (χ4v) is 0.309. The number of esters is 1. The number of carbonyl (C=O) groups excluding carboxylic acids is 1. The first kappa shape index (κ1) is 9.46. The van der Waals surface area contributed by atoms with E-state index in [0.717, 1.165) is 6.26 Å². The lowest BCUT2D eigenvalue weighted by atomic mass is 10.4. The van der Waals surface area contributed by atoms with Gasteiger partial charge in [0.05, 0.1) is 6.26 Å². The monoisotopic (exact) mass is 164 g/mol. The van der Waals surface area contributed by atoms with Gasteiger partial charge in [0.2, 0.25) is 5.06 Å². The summed E-state index contributed by atoms with van der Waals surface area (Å²) < 4.78 is 8.96. The number of alkyl halides is 1. The third kappa shape index (κ3) is 2.37. The Kier molecular flexibility index (Phi) is 3.39. The van der Waals surface area contributed by atoms with Crippen molar-refractivity contribution in [2.24, 2.45) is 0 Å². The number of carbonyl (C=O) groups is 1. The van der Waals surface area contributed by atoms with Gasteiger partial charge < -0.3 is 9.47 Å². The molecule has 3 nitrogen and oxygen atoms in total. The molecule has 0 fully saturated rings. The highest BCUT2D eigenvalue weighted by atomic mass is 35.5. The average Bonchev–Trinajstić information content (AvgIpc) is 1.89. The molecule has 0 radical (unpaired) electrons. The minimum atomic E-state index is -1.41. The summed E-state index contributed by atoms with van der Waals surface area (Å²) in [4.78, 5) is 10.7. The molecule has 0 aliphatic heterocycles. The van der Waals surface area contributed by atoms with E-state index in [2.05, 4.69) is 16.1 Å². The maximum absolute atomic E-state index is 10.7. The number of hydrogen-bond acceptors (Lipinski definition) is 3. The molecule has 0 rings (SSSR count). The van der Waals surface area contributed by atoms with E-state index in [1.807, 2.05) is 0 Å². The van der Waals surface area contributed by atoms with E-state index < -0.39 is 11.0 Å². The molecule has 0 heterocycles. The summed E-state index contributed by atoms with van der Waals surface area (Å²) in [6.07, 6.45) is 1.00. The SMILES string of the molecule is C=COC(=O)C(C)(Cl)OC. The van der Waals surface area contributed by atoms with Crippen LogP contribution in [0.4, 0.5) is 0 Å². The van der Waals surface area contributed by atoms with Gasteiger partial charge in [-0.25, -0.2) is 4.79 Å². The second-order valence-electron chi connectivity index (χ2n) is 1.69. The molecule has 0 aromatic rings. The number of halogens is 1. The van der Waals surface area contributed by atoms with Crippen LogP contribution in [0.5, 0.6) is 0 Å². The van der Waals surface area contributed by atoms with Gasteiger partial charge in [0, 0.05) is 7.11 Å². The van der Waals surface area contributed by atoms with Crippen LogP contribution in [0.25, 0.3) is 0 Å².